The number of carbonyl (C=O) groups excluding carboxylic acids is 2. The third kappa shape index (κ3) is 6.15. The number of amides is 2. The highest BCUT2D eigenvalue weighted by Gasteiger charge is 2.34. The number of aryl methyl sites for hydroxylation is 2. The van der Waals surface area contributed by atoms with E-state index < -0.39 is 29.8 Å². The third-order valence-corrected chi connectivity index (χ3v) is 5.18. The van der Waals surface area contributed by atoms with E-state index >= 15 is 0 Å². The summed E-state index contributed by atoms with van der Waals surface area (Å²) in [5, 5.41) is 9.17. The van der Waals surface area contributed by atoms with Gasteiger partial charge in [0.15, 0.2) is 0 Å². The third-order valence-electron chi connectivity index (χ3n) is 5.18. The van der Waals surface area contributed by atoms with Crippen LogP contribution in [0.4, 0.5) is 18.0 Å². The molecule has 0 saturated heterocycles. The predicted molar refractivity (Wildman–Crippen MR) is 119 cm³/mol. The summed E-state index contributed by atoms with van der Waals surface area (Å²) in [6, 6.07) is 13.5. The number of methoxy groups -OCH3 is 1. The zero-order valence-electron chi connectivity index (χ0n) is 18.9. The molecular formula is C24H25F3N4O3. The fourth-order valence-electron chi connectivity index (χ4n) is 3.57. The number of ether oxygens (including phenoxy) is 1. The molecule has 2 amide bonds. The first-order chi connectivity index (χ1) is 16.1. The number of nitrogens with one attached hydrogen (secondary N) is 2. The van der Waals surface area contributed by atoms with E-state index in [0.717, 1.165) is 18.7 Å². The maximum atomic E-state index is 13.8. The summed E-state index contributed by atoms with van der Waals surface area (Å²) in [5.41, 5.74) is 1.43. The Morgan fingerprint density at radius 2 is 1.79 bits per heavy atom. The van der Waals surface area contributed by atoms with Crippen LogP contribution in [0.15, 0.2) is 54.6 Å². The van der Waals surface area contributed by atoms with E-state index in [1.165, 1.54) is 16.8 Å². The van der Waals surface area contributed by atoms with Crippen LogP contribution in [0.1, 0.15) is 28.1 Å². The van der Waals surface area contributed by atoms with E-state index in [4.69, 9.17) is 0 Å². The van der Waals surface area contributed by atoms with Crippen molar-refractivity contribution in [3.05, 3.63) is 82.7 Å². The Kier molecular flexibility index (Phi) is 7.60. The van der Waals surface area contributed by atoms with Crippen LogP contribution in [-0.2, 0) is 28.7 Å². The van der Waals surface area contributed by atoms with Gasteiger partial charge in [-0.05, 0) is 43.2 Å². The van der Waals surface area contributed by atoms with Crippen molar-refractivity contribution in [3.8, 4) is 5.69 Å². The number of hydrogen-bond acceptors (Lipinski definition) is 4. The lowest BCUT2D eigenvalue weighted by Gasteiger charge is -2.19. The fraction of sp³-hybridized carbons (Fsp3) is 0.292. The molecule has 3 rings (SSSR count). The van der Waals surface area contributed by atoms with Crippen LogP contribution >= 0.6 is 0 Å². The van der Waals surface area contributed by atoms with Gasteiger partial charge in [0.25, 0.3) is 0 Å². The maximum absolute atomic E-state index is 13.8. The highest BCUT2D eigenvalue weighted by molar-refractivity contribution is 5.85. The molecule has 1 heterocycles. The molecule has 0 bridgehead atoms. The van der Waals surface area contributed by atoms with E-state index in [1.807, 2.05) is 0 Å². The van der Waals surface area contributed by atoms with Crippen LogP contribution in [-0.4, -0.2) is 34.9 Å². The van der Waals surface area contributed by atoms with Gasteiger partial charge in [0.05, 0.1) is 24.1 Å². The predicted octanol–water partition coefficient (Wildman–Crippen LogP) is 4.09. The van der Waals surface area contributed by atoms with Crippen molar-refractivity contribution < 1.29 is 27.5 Å². The summed E-state index contributed by atoms with van der Waals surface area (Å²) in [4.78, 5) is 24.5. The van der Waals surface area contributed by atoms with E-state index in [2.05, 4.69) is 20.5 Å². The van der Waals surface area contributed by atoms with Crippen molar-refractivity contribution in [2.45, 2.75) is 39.0 Å². The lowest BCUT2D eigenvalue weighted by molar-refractivity contribution is -0.138. The molecule has 0 saturated carbocycles. The lowest BCUT2D eigenvalue weighted by atomic mass is 10.0. The molecule has 0 radical (unpaired) electrons. The van der Waals surface area contributed by atoms with Gasteiger partial charge in [-0.25, -0.2) is 9.48 Å². The number of hydrogen-bond donors (Lipinski definition) is 2. The van der Waals surface area contributed by atoms with Crippen molar-refractivity contribution >= 4 is 12.0 Å². The second kappa shape index (κ2) is 10.4. The monoisotopic (exact) mass is 474 g/mol. The molecule has 10 heteroatoms. The van der Waals surface area contributed by atoms with Crippen molar-refractivity contribution in [3.63, 3.8) is 0 Å². The second-order valence-corrected chi connectivity index (χ2v) is 7.77. The number of halogens is 3. The topological polar surface area (TPSA) is 85.2 Å². The molecule has 0 spiro atoms. The summed E-state index contributed by atoms with van der Waals surface area (Å²) in [5.74, 6) is -0.634. The highest BCUT2D eigenvalue weighted by atomic mass is 19.4. The van der Waals surface area contributed by atoms with Gasteiger partial charge in [-0.15, -0.1) is 0 Å². The van der Waals surface area contributed by atoms with Crippen LogP contribution in [0, 0.1) is 13.8 Å². The second-order valence-electron chi connectivity index (χ2n) is 7.77. The SMILES string of the molecule is COC(=O)N[C@H](Cc1ccccc1)C(=O)NCc1ccc(-n2nc(C)cc2C)cc1C(F)(F)F. The molecular weight excluding hydrogens is 449 g/mol. The maximum Gasteiger partial charge on any atom is 0.416 e. The smallest absolute Gasteiger partial charge is 0.416 e. The molecule has 7 nitrogen and oxygen atoms in total. The van der Waals surface area contributed by atoms with E-state index in [9.17, 15) is 22.8 Å². The molecule has 2 N–H and O–H groups in total. The van der Waals surface area contributed by atoms with Crippen LogP contribution in [0.5, 0.6) is 0 Å². The van der Waals surface area contributed by atoms with Gasteiger partial charge < -0.3 is 15.4 Å². The molecule has 0 aliphatic carbocycles. The van der Waals surface area contributed by atoms with Crippen molar-refractivity contribution in [2.24, 2.45) is 0 Å². The van der Waals surface area contributed by atoms with Gasteiger partial charge in [0.1, 0.15) is 6.04 Å². The van der Waals surface area contributed by atoms with Gasteiger partial charge >= 0.3 is 12.3 Å². The number of carbonyl (C=O) groups is 2. The first-order valence-electron chi connectivity index (χ1n) is 10.5. The molecule has 0 aliphatic heterocycles. The van der Waals surface area contributed by atoms with Crippen LogP contribution in [0.3, 0.4) is 0 Å². The zero-order chi connectivity index (χ0) is 24.9. The largest absolute Gasteiger partial charge is 0.453 e. The Morgan fingerprint density at radius 3 is 2.38 bits per heavy atom. The Bertz CT molecular complexity index is 1160. The van der Waals surface area contributed by atoms with Crippen molar-refractivity contribution in [2.75, 3.05) is 7.11 Å². The van der Waals surface area contributed by atoms with Gasteiger partial charge in [-0.3, -0.25) is 4.79 Å². The fourth-order valence-corrected chi connectivity index (χ4v) is 3.57. The Hall–Kier alpha value is -3.82. The molecule has 0 fully saturated rings. The minimum Gasteiger partial charge on any atom is -0.453 e. The first kappa shape index (κ1) is 24.8. The molecule has 0 aliphatic rings. The molecule has 34 heavy (non-hydrogen) atoms. The van der Waals surface area contributed by atoms with Gasteiger partial charge in [0.2, 0.25) is 5.91 Å². The molecule has 1 aromatic heterocycles. The summed E-state index contributed by atoms with van der Waals surface area (Å²) in [7, 11) is 1.16. The number of aromatic nitrogens is 2. The summed E-state index contributed by atoms with van der Waals surface area (Å²) < 4.78 is 47.5. The summed E-state index contributed by atoms with van der Waals surface area (Å²) in [6.45, 7) is 3.13. The molecule has 2 aromatic carbocycles. The Labute approximate surface area is 194 Å². The number of alkyl carbamates (subject to hydrolysis) is 1. The normalized spacial score (nSPS) is 12.2. The highest BCUT2D eigenvalue weighted by Crippen LogP contribution is 2.33. The minimum absolute atomic E-state index is 0.109. The Morgan fingerprint density at radius 1 is 1.09 bits per heavy atom. The van der Waals surface area contributed by atoms with E-state index in [-0.39, 0.29) is 24.2 Å². The van der Waals surface area contributed by atoms with E-state index in [0.29, 0.717) is 11.4 Å². The lowest BCUT2D eigenvalue weighted by Crippen LogP contribution is -2.47. The van der Waals surface area contributed by atoms with Gasteiger partial charge in [-0.1, -0.05) is 36.4 Å². The quantitative estimate of drug-likeness (QED) is 0.540. The average Bonchev–Trinajstić information content (AvgIpc) is 3.14. The first-order valence-corrected chi connectivity index (χ1v) is 10.5. The average molecular weight is 474 g/mol. The standard InChI is InChI=1S/C24H25F3N4O3/c1-15-11-16(2)31(30-15)19-10-9-18(20(13-19)24(25,26)27)14-28-22(32)21(29-23(33)34-3)12-17-7-5-4-6-8-17/h4-11,13,21H,12,14H2,1-3H3,(H,28,32)(H,29,33)/t21-/m1/s1. The minimum atomic E-state index is -4.64. The molecule has 180 valence electrons. The van der Waals surface area contributed by atoms with Crippen molar-refractivity contribution in [1.82, 2.24) is 20.4 Å². The van der Waals surface area contributed by atoms with E-state index in [1.54, 1.807) is 50.2 Å². The number of nitrogens with zero attached hydrogens (tertiary/aromatic N) is 2. The molecule has 3 aromatic rings. The summed E-state index contributed by atoms with van der Waals surface area (Å²) in [6.07, 6.45) is -5.31. The summed E-state index contributed by atoms with van der Waals surface area (Å²) >= 11 is 0. The Balaban J connectivity index is 1.82. The number of rotatable bonds is 7. The van der Waals surface area contributed by atoms with Gasteiger partial charge in [-0.2, -0.15) is 18.3 Å². The van der Waals surface area contributed by atoms with Crippen LogP contribution < -0.4 is 10.6 Å². The van der Waals surface area contributed by atoms with Crippen LogP contribution in [0.25, 0.3) is 5.69 Å². The number of benzene rings is 2. The molecule has 1 atom stereocenters. The molecule has 0 unspecified atom stereocenters. The zero-order valence-corrected chi connectivity index (χ0v) is 18.9. The van der Waals surface area contributed by atoms with Crippen LogP contribution in [0.2, 0.25) is 0 Å². The van der Waals surface area contributed by atoms with Crippen molar-refractivity contribution in [1.29, 1.82) is 0 Å². The van der Waals surface area contributed by atoms with Gasteiger partial charge in [0, 0.05) is 18.7 Å². The number of alkyl halides is 3.